The summed E-state index contributed by atoms with van der Waals surface area (Å²) in [6, 6.07) is 2.22. The van der Waals surface area contributed by atoms with E-state index in [0.29, 0.717) is 13.1 Å². The Balaban J connectivity index is 2.32. The van der Waals surface area contributed by atoms with Gasteiger partial charge in [-0.3, -0.25) is 4.79 Å². The Bertz CT molecular complexity index is 506. The number of hydrogen-bond donors (Lipinski definition) is 1. The molecule has 1 aliphatic rings. The molecule has 1 aromatic carbocycles. The molecule has 5 heteroatoms. The summed E-state index contributed by atoms with van der Waals surface area (Å²) in [5.74, 6) is -1.77. The summed E-state index contributed by atoms with van der Waals surface area (Å²) in [5, 5.41) is 2.62. The smallest absolute Gasteiger partial charge is 0.254 e. The topological polar surface area (TPSA) is 32.3 Å². The van der Waals surface area contributed by atoms with E-state index in [1.165, 1.54) is 0 Å². The Labute approximate surface area is 118 Å². The van der Waals surface area contributed by atoms with E-state index >= 15 is 0 Å². The highest BCUT2D eigenvalue weighted by Crippen LogP contribution is 2.30. The SMILES string of the molecule is CCNc1c(F)cc(C(=O)N2CCCC2(C)C)cc1F. The van der Waals surface area contributed by atoms with Gasteiger partial charge in [0.1, 0.15) is 17.3 Å². The quantitative estimate of drug-likeness (QED) is 0.921. The molecule has 3 nitrogen and oxygen atoms in total. The minimum atomic E-state index is -0.729. The van der Waals surface area contributed by atoms with Crippen LogP contribution in [0.1, 0.15) is 44.0 Å². The molecule has 1 aromatic rings. The van der Waals surface area contributed by atoms with E-state index in [4.69, 9.17) is 0 Å². The molecule has 1 fully saturated rings. The minimum absolute atomic E-state index is 0.0663. The highest BCUT2D eigenvalue weighted by Gasteiger charge is 2.36. The summed E-state index contributed by atoms with van der Waals surface area (Å²) in [4.78, 5) is 14.1. The molecule has 0 radical (unpaired) electrons. The van der Waals surface area contributed by atoms with Gasteiger partial charge in [0, 0.05) is 24.2 Å². The van der Waals surface area contributed by atoms with Gasteiger partial charge in [-0.1, -0.05) is 0 Å². The van der Waals surface area contributed by atoms with Crippen LogP contribution < -0.4 is 5.32 Å². The van der Waals surface area contributed by atoms with Crippen LogP contribution in [-0.4, -0.2) is 29.4 Å². The molecule has 0 atom stereocenters. The van der Waals surface area contributed by atoms with Crippen molar-refractivity contribution in [2.75, 3.05) is 18.4 Å². The third kappa shape index (κ3) is 2.62. The highest BCUT2D eigenvalue weighted by atomic mass is 19.1. The zero-order chi connectivity index (χ0) is 14.9. The third-order valence-corrected chi connectivity index (χ3v) is 3.79. The van der Waals surface area contributed by atoms with Crippen LogP contribution >= 0.6 is 0 Å². The second-order valence-electron chi connectivity index (χ2n) is 5.72. The number of hydrogen-bond acceptors (Lipinski definition) is 2. The molecule has 20 heavy (non-hydrogen) atoms. The predicted molar refractivity (Wildman–Crippen MR) is 74.9 cm³/mol. The number of carbonyl (C=O) groups is 1. The second kappa shape index (κ2) is 5.38. The molecule has 1 heterocycles. The van der Waals surface area contributed by atoms with E-state index in [1.807, 2.05) is 13.8 Å². The summed E-state index contributed by atoms with van der Waals surface area (Å²) in [7, 11) is 0. The number of halogens is 2. The maximum absolute atomic E-state index is 13.9. The zero-order valence-corrected chi connectivity index (χ0v) is 12.1. The number of carbonyl (C=O) groups excluding carboxylic acids is 1. The monoisotopic (exact) mass is 282 g/mol. The van der Waals surface area contributed by atoms with Crippen molar-refractivity contribution in [3.63, 3.8) is 0 Å². The molecule has 0 bridgehead atoms. The summed E-state index contributed by atoms with van der Waals surface area (Å²) >= 11 is 0. The van der Waals surface area contributed by atoms with E-state index in [9.17, 15) is 13.6 Å². The molecule has 0 aromatic heterocycles. The maximum Gasteiger partial charge on any atom is 0.254 e. The van der Waals surface area contributed by atoms with Crippen molar-refractivity contribution < 1.29 is 13.6 Å². The lowest BCUT2D eigenvalue weighted by molar-refractivity contribution is 0.0651. The molecular formula is C15H20F2N2O. The Morgan fingerprint density at radius 3 is 2.40 bits per heavy atom. The molecular weight excluding hydrogens is 262 g/mol. The molecule has 110 valence electrons. The molecule has 0 aliphatic carbocycles. The van der Waals surface area contributed by atoms with Crippen LogP contribution in [0.2, 0.25) is 0 Å². The van der Waals surface area contributed by atoms with Gasteiger partial charge in [-0.05, 0) is 45.7 Å². The number of benzene rings is 1. The fourth-order valence-corrected chi connectivity index (χ4v) is 2.68. The lowest BCUT2D eigenvalue weighted by Gasteiger charge is -2.31. The molecule has 1 N–H and O–H groups in total. The van der Waals surface area contributed by atoms with E-state index < -0.39 is 11.6 Å². The number of likely N-dealkylation sites (tertiary alicyclic amines) is 1. The summed E-state index contributed by atoms with van der Waals surface area (Å²) in [6.45, 7) is 6.74. The summed E-state index contributed by atoms with van der Waals surface area (Å²) < 4.78 is 27.7. The van der Waals surface area contributed by atoms with Gasteiger partial charge in [-0.15, -0.1) is 0 Å². The number of nitrogens with one attached hydrogen (secondary N) is 1. The minimum Gasteiger partial charge on any atom is -0.381 e. The van der Waals surface area contributed by atoms with Crippen LogP contribution in [0.25, 0.3) is 0 Å². The van der Waals surface area contributed by atoms with Crippen LogP contribution in [0.5, 0.6) is 0 Å². The lowest BCUT2D eigenvalue weighted by Crippen LogP contribution is -2.42. The van der Waals surface area contributed by atoms with Gasteiger partial charge in [0.05, 0.1) is 0 Å². The molecule has 1 aliphatic heterocycles. The average molecular weight is 282 g/mol. The van der Waals surface area contributed by atoms with Crippen LogP contribution in [0.3, 0.4) is 0 Å². The fourth-order valence-electron chi connectivity index (χ4n) is 2.68. The van der Waals surface area contributed by atoms with Crippen molar-refractivity contribution in [2.24, 2.45) is 0 Å². The number of anilines is 1. The van der Waals surface area contributed by atoms with Crippen molar-refractivity contribution in [3.05, 3.63) is 29.3 Å². The van der Waals surface area contributed by atoms with Crippen molar-refractivity contribution >= 4 is 11.6 Å². The van der Waals surface area contributed by atoms with Crippen molar-refractivity contribution in [1.82, 2.24) is 4.90 Å². The molecule has 0 spiro atoms. The van der Waals surface area contributed by atoms with Crippen LogP contribution in [0.15, 0.2) is 12.1 Å². The number of rotatable bonds is 3. The van der Waals surface area contributed by atoms with E-state index in [0.717, 1.165) is 25.0 Å². The fraction of sp³-hybridized carbons (Fsp3) is 0.533. The van der Waals surface area contributed by atoms with E-state index in [-0.39, 0.29) is 22.7 Å². The molecule has 1 amide bonds. The van der Waals surface area contributed by atoms with Crippen LogP contribution in [0, 0.1) is 11.6 Å². The molecule has 0 unspecified atom stereocenters. The normalized spacial score (nSPS) is 17.4. The Morgan fingerprint density at radius 2 is 1.95 bits per heavy atom. The zero-order valence-electron chi connectivity index (χ0n) is 12.1. The van der Waals surface area contributed by atoms with Gasteiger partial charge in [-0.2, -0.15) is 0 Å². The largest absolute Gasteiger partial charge is 0.381 e. The first-order valence-corrected chi connectivity index (χ1v) is 6.91. The average Bonchev–Trinajstić information content (AvgIpc) is 2.72. The van der Waals surface area contributed by atoms with Gasteiger partial charge in [0.25, 0.3) is 5.91 Å². The van der Waals surface area contributed by atoms with Crippen LogP contribution in [-0.2, 0) is 0 Å². The second-order valence-corrected chi connectivity index (χ2v) is 5.72. The predicted octanol–water partition coefficient (Wildman–Crippen LogP) is 3.41. The Kier molecular flexibility index (Phi) is 3.97. The van der Waals surface area contributed by atoms with Gasteiger partial charge < -0.3 is 10.2 Å². The van der Waals surface area contributed by atoms with Crippen LogP contribution in [0.4, 0.5) is 14.5 Å². The van der Waals surface area contributed by atoms with Gasteiger partial charge in [-0.25, -0.2) is 8.78 Å². The van der Waals surface area contributed by atoms with E-state index in [2.05, 4.69) is 5.32 Å². The number of nitrogens with zero attached hydrogens (tertiary/aromatic N) is 1. The van der Waals surface area contributed by atoms with Gasteiger partial charge >= 0.3 is 0 Å². The van der Waals surface area contributed by atoms with Gasteiger partial charge in [0.2, 0.25) is 0 Å². The summed E-state index contributed by atoms with van der Waals surface area (Å²) in [6.07, 6.45) is 1.82. The number of amides is 1. The summed E-state index contributed by atoms with van der Waals surface area (Å²) in [5.41, 5.74) is -0.369. The van der Waals surface area contributed by atoms with E-state index in [1.54, 1.807) is 11.8 Å². The first-order chi connectivity index (χ1) is 9.36. The standard InChI is InChI=1S/C15H20F2N2O/c1-4-18-13-11(16)8-10(9-12(13)17)14(20)19-7-5-6-15(19,2)3/h8-9,18H,4-7H2,1-3H3. The van der Waals surface area contributed by atoms with Gasteiger partial charge in [0.15, 0.2) is 0 Å². The Morgan fingerprint density at radius 1 is 1.35 bits per heavy atom. The lowest BCUT2D eigenvalue weighted by atomic mass is 10.0. The third-order valence-electron chi connectivity index (χ3n) is 3.79. The first kappa shape index (κ1) is 14.8. The van der Waals surface area contributed by atoms with Crippen molar-refractivity contribution in [3.8, 4) is 0 Å². The van der Waals surface area contributed by atoms with Crippen molar-refractivity contribution in [2.45, 2.75) is 39.2 Å². The Hall–Kier alpha value is -1.65. The molecule has 2 rings (SSSR count). The first-order valence-electron chi connectivity index (χ1n) is 6.91. The molecule has 0 saturated carbocycles. The maximum atomic E-state index is 13.9. The van der Waals surface area contributed by atoms with Crippen molar-refractivity contribution in [1.29, 1.82) is 0 Å². The highest BCUT2D eigenvalue weighted by molar-refractivity contribution is 5.95. The molecule has 1 saturated heterocycles.